The summed E-state index contributed by atoms with van der Waals surface area (Å²) in [4.78, 5) is 38.6. The normalized spacial score (nSPS) is 21.0. The number of azo groups is 2. The number of likely N-dealkylation sites (tertiary alicyclic amines) is 3. The van der Waals surface area contributed by atoms with E-state index in [1.165, 1.54) is 49.0 Å². The number of hydrogen-bond acceptors (Lipinski definition) is 19. The van der Waals surface area contributed by atoms with E-state index in [2.05, 4.69) is 114 Å². The molecule has 0 amide bonds. The molecule has 0 spiro atoms. The first kappa shape index (κ1) is 64.8. The number of pyridine rings is 2. The van der Waals surface area contributed by atoms with Crippen molar-refractivity contribution in [2.45, 2.75) is 105 Å². The van der Waals surface area contributed by atoms with Crippen LogP contribution < -0.4 is 20.5 Å². The maximum atomic E-state index is 11.7. The molecule has 0 aliphatic carbocycles. The topological polar surface area (TPSA) is 242 Å². The van der Waals surface area contributed by atoms with E-state index in [4.69, 9.17) is 24.0 Å². The first-order chi connectivity index (χ1) is 45.0. The molecule has 12 heterocycles. The van der Waals surface area contributed by atoms with E-state index in [0.29, 0.717) is 45.5 Å². The van der Waals surface area contributed by atoms with E-state index in [1.807, 2.05) is 73.7 Å². The van der Waals surface area contributed by atoms with Gasteiger partial charge in [-0.3, -0.25) is 24.3 Å². The van der Waals surface area contributed by atoms with Gasteiger partial charge in [-0.15, -0.1) is 20.5 Å². The van der Waals surface area contributed by atoms with Crippen molar-refractivity contribution in [3.63, 3.8) is 0 Å². The van der Waals surface area contributed by atoms with E-state index < -0.39 is 0 Å². The lowest BCUT2D eigenvalue weighted by Gasteiger charge is -2.18. The number of nitrogens with one attached hydrogen (secondary N) is 1. The SMILES string of the molecule is CC1CCNC1.Cc1ccc2c(O)c(C=C3N=Nc4ncccc43)oc2c1CN1CCC(C)C1.Cc1ccc2c(O)c(C=C3N=Nc4ncccc43)oc2c1CN1CCC(N)C1.Cc1ccc2c(c1CBr)OCC2=O.Cc1ccc2c(c1CN1CCC(C)C1)OCC2=O. The Morgan fingerprint density at radius 1 is 0.559 bits per heavy atom. The zero-order valence-electron chi connectivity index (χ0n) is 54.1. The molecule has 19 nitrogen and oxygen atoms in total. The number of halogens is 1. The van der Waals surface area contributed by atoms with Crippen LogP contribution >= 0.6 is 15.9 Å². The lowest BCUT2D eigenvalue weighted by molar-refractivity contribution is 0.0954. The van der Waals surface area contributed by atoms with Crippen LogP contribution in [-0.4, -0.2) is 118 Å². The number of aromatic hydroxyl groups is 2. The number of rotatable bonds is 9. The lowest BCUT2D eigenvalue weighted by Crippen LogP contribution is -2.26. The van der Waals surface area contributed by atoms with Gasteiger partial charge in [-0.1, -0.05) is 61.0 Å². The largest absolute Gasteiger partial charge is 0.504 e. The van der Waals surface area contributed by atoms with Crippen molar-refractivity contribution in [1.29, 1.82) is 0 Å². The minimum atomic E-state index is 0.0807. The van der Waals surface area contributed by atoms with Crippen molar-refractivity contribution in [3.05, 3.63) is 163 Å². The molecule has 4 aromatic heterocycles. The molecule has 5 N–H and O–H groups in total. The molecule has 93 heavy (non-hydrogen) atoms. The third-order valence-corrected chi connectivity index (χ3v) is 19.3. The Morgan fingerprint density at radius 2 is 1.01 bits per heavy atom. The Hall–Kier alpha value is -8.24. The van der Waals surface area contributed by atoms with Crippen LogP contribution in [0.3, 0.4) is 0 Å². The maximum absolute atomic E-state index is 11.7. The summed E-state index contributed by atoms with van der Waals surface area (Å²) in [6.45, 7) is 26.9. The number of hydrogen-bond donors (Lipinski definition) is 4. The van der Waals surface area contributed by atoms with E-state index >= 15 is 0 Å². The minimum absolute atomic E-state index is 0.0807. The Labute approximate surface area is 551 Å². The molecular formula is C73H82BrN11O8. The number of furan rings is 2. The van der Waals surface area contributed by atoms with Crippen LogP contribution in [0.25, 0.3) is 45.5 Å². The van der Waals surface area contributed by atoms with E-state index in [9.17, 15) is 19.8 Å². The fourth-order valence-corrected chi connectivity index (χ4v) is 13.9. The predicted molar refractivity (Wildman–Crippen MR) is 366 cm³/mol. The zero-order valence-corrected chi connectivity index (χ0v) is 55.7. The van der Waals surface area contributed by atoms with Gasteiger partial charge in [0.15, 0.2) is 47.9 Å². The second-order valence-electron chi connectivity index (χ2n) is 26.0. The molecule has 16 rings (SSSR count). The molecule has 0 bridgehead atoms. The molecule has 8 aliphatic heterocycles. The molecule has 8 aliphatic rings. The van der Waals surface area contributed by atoms with Gasteiger partial charge in [0.1, 0.15) is 34.1 Å². The highest BCUT2D eigenvalue weighted by Gasteiger charge is 2.30. The lowest BCUT2D eigenvalue weighted by atomic mass is 10.0. The highest BCUT2D eigenvalue weighted by atomic mass is 79.9. The number of aryl methyl sites for hydroxylation is 4. The van der Waals surface area contributed by atoms with Gasteiger partial charge in [-0.05, 0) is 168 Å². The summed E-state index contributed by atoms with van der Waals surface area (Å²) in [5.74, 6) is 6.45. The molecule has 4 saturated heterocycles. The van der Waals surface area contributed by atoms with Gasteiger partial charge >= 0.3 is 0 Å². The second-order valence-corrected chi connectivity index (χ2v) is 26.5. The van der Waals surface area contributed by atoms with Gasteiger partial charge in [0, 0.05) is 115 Å². The van der Waals surface area contributed by atoms with Crippen LogP contribution in [0.2, 0.25) is 0 Å². The molecule has 4 fully saturated rings. The Kier molecular flexibility index (Phi) is 19.9. The van der Waals surface area contributed by atoms with E-state index in [0.717, 1.165) is 161 Å². The minimum Gasteiger partial charge on any atom is -0.504 e. The van der Waals surface area contributed by atoms with Crippen molar-refractivity contribution in [2.75, 3.05) is 65.6 Å². The molecule has 0 saturated carbocycles. The van der Waals surface area contributed by atoms with Crippen LogP contribution in [0, 0.1) is 45.4 Å². The second kappa shape index (κ2) is 28.5. The number of nitrogens with zero attached hydrogens (tertiary/aromatic N) is 9. The van der Waals surface area contributed by atoms with Crippen molar-refractivity contribution in [3.8, 4) is 23.0 Å². The third-order valence-electron chi connectivity index (χ3n) is 18.8. The van der Waals surface area contributed by atoms with Crippen molar-refractivity contribution >= 4 is 84.6 Å². The number of ketones is 2. The number of carbonyl (C=O) groups excluding carboxylic acids is 2. The summed E-state index contributed by atoms with van der Waals surface area (Å²) in [7, 11) is 0. The quantitative estimate of drug-likeness (QED) is 0.0982. The monoisotopic (exact) mass is 1320 g/mol. The molecule has 4 aromatic carbocycles. The molecule has 484 valence electrons. The predicted octanol–water partition coefficient (Wildman–Crippen LogP) is 14.7. The van der Waals surface area contributed by atoms with Gasteiger partial charge in [0.2, 0.25) is 11.6 Å². The van der Waals surface area contributed by atoms with Crippen molar-refractivity contribution in [1.82, 2.24) is 30.0 Å². The van der Waals surface area contributed by atoms with Crippen LogP contribution in [-0.2, 0) is 25.0 Å². The number of ether oxygens (including phenoxy) is 2. The zero-order chi connectivity index (χ0) is 65.0. The van der Waals surface area contributed by atoms with E-state index in [1.54, 1.807) is 24.5 Å². The van der Waals surface area contributed by atoms with Crippen LogP contribution in [0.1, 0.15) is 134 Å². The molecule has 0 radical (unpaired) electrons. The van der Waals surface area contributed by atoms with Gasteiger partial charge in [0.05, 0.1) is 21.9 Å². The molecule has 8 aromatic rings. The summed E-state index contributed by atoms with van der Waals surface area (Å²) in [5.41, 5.74) is 21.1. The standard InChI is InChI=1S/C22H22N4O2.C21H21N5O2.C15H19NO2.C10H9BrO2.C5H11N/c1-13-7-9-26(11-13)12-17-14(2)5-6-16-20(27)19(28-21(16)17)10-18-15-4-3-8-23-22(15)25-24-18;1-12-4-5-15-19(27)18(9-17-14-3-2-7-23-21(14)25-24-17)28-20(15)16(12)11-26-8-6-13(22)10-26;1-10-5-6-16(7-10)8-13-11(2)3-4-12-14(17)9-18-15(12)13;1-6-2-3-7-9(12)5-13-10(7)8(6)4-11;1-5-2-3-6-4-5/h3-6,8,10,13,27H,7,9,11-12H2,1-2H3;2-5,7,9,13,27H,6,8,10-11,22H2,1H3;3-4,10H,5-9H2,1-2H3;2-3H,4-5H2,1H3;5-6H,2-4H2,1H3. The number of alkyl halides is 1. The van der Waals surface area contributed by atoms with Crippen LogP contribution in [0.5, 0.6) is 23.0 Å². The first-order valence-electron chi connectivity index (χ1n) is 32.4. The van der Waals surface area contributed by atoms with Gasteiger partial charge in [-0.2, -0.15) is 0 Å². The van der Waals surface area contributed by atoms with Gasteiger partial charge in [-0.25, -0.2) is 9.97 Å². The number of fused-ring (bicyclic) bond motifs is 6. The van der Waals surface area contributed by atoms with Gasteiger partial charge in [0.25, 0.3) is 0 Å². The number of carbonyl (C=O) groups is 2. The number of benzene rings is 4. The highest BCUT2D eigenvalue weighted by Crippen LogP contribution is 2.43. The Bertz CT molecular complexity index is 4080. The number of aromatic nitrogens is 2. The summed E-state index contributed by atoms with van der Waals surface area (Å²) < 4.78 is 23.2. The summed E-state index contributed by atoms with van der Waals surface area (Å²) in [5, 5.41) is 43.5. The maximum Gasteiger partial charge on any atom is 0.203 e. The summed E-state index contributed by atoms with van der Waals surface area (Å²) in [6, 6.07) is 23.4. The van der Waals surface area contributed by atoms with Crippen molar-refractivity contribution in [2.24, 2.45) is 43.9 Å². The average Bonchev–Trinajstić information content (AvgIpc) is 1.66. The summed E-state index contributed by atoms with van der Waals surface area (Å²) in [6.07, 6.45) is 11.7. The van der Waals surface area contributed by atoms with Crippen molar-refractivity contribution < 1.29 is 38.1 Å². The fourth-order valence-electron chi connectivity index (χ4n) is 13.2. The highest BCUT2D eigenvalue weighted by molar-refractivity contribution is 9.08. The number of nitrogens with two attached hydrogens (primary N) is 1. The molecule has 20 heteroatoms. The first-order valence-corrected chi connectivity index (χ1v) is 33.5. The average molecular weight is 1320 g/mol. The fraction of sp³-hybridized carbons (Fsp3) is 0.397. The Balaban J connectivity index is 0.000000120. The van der Waals surface area contributed by atoms with Crippen LogP contribution in [0.15, 0.2) is 114 Å². The van der Waals surface area contributed by atoms with Gasteiger partial charge < -0.3 is 39.6 Å². The molecular weight excluding hydrogens is 1240 g/mol. The molecule has 4 unspecified atom stereocenters. The van der Waals surface area contributed by atoms with E-state index in [-0.39, 0.29) is 42.3 Å². The number of Topliss-reactive ketones (excluding diaryl/α,β-unsaturated/α-hetero) is 2. The third kappa shape index (κ3) is 14.3. The Morgan fingerprint density at radius 3 is 1.44 bits per heavy atom. The smallest absolute Gasteiger partial charge is 0.203 e. The molecule has 4 atom stereocenters. The summed E-state index contributed by atoms with van der Waals surface area (Å²) >= 11 is 3.39. The van der Waals surface area contributed by atoms with Crippen LogP contribution in [0.4, 0.5) is 11.6 Å².